The molecule has 0 radical (unpaired) electrons. The quantitative estimate of drug-likeness (QED) is 0.750. The molecule has 0 atom stereocenters. The van der Waals surface area contributed by atoms with E-state index in [4.69, 9.17) is 22.1 Å². The van der Waals surface area contributed by atoms with Gasteiger partial charge in [0.15, 0.2) is 0 Å². The van der Waals surface area contributed by atoms with Crippen molar-refractivity contribution < 1.29 is 14.3 Å². The van der Waals surface area contributed by atoms with Crippen molar-refractivity contribution in [2.45, 2.75) is 0 Å². The van der Waals surface area contributed by atoms with Gasteiger partial charge in [0, 0.05) is 6.07 Å². The van der Waals surface area contributed by atoms with Gasteiger partial charge < -0.3 is 10.5 Å². The van der Waals surface area contributed by atoms with Gasteiger partial charge in [-0.25, -0.2) is 0 Å². The molecule has 0 fully saturated rings. The number of amides is 2. The van der Waals surface area contributed by atoms with Crippen molar-refractivity contribution in [3.63, 3.8) is 0 Å². The second-order valence-corrected chi connectivity index (χ2v) is 5.89. The molecule has 0 spiro atoms. The molecule has 1 aliphatic heterocycles. The highest BCUT2D eigenvalue weighted by atomic mass is 79.9. The minimum atomic E-state index is -0.661. The van der Waals surface area contributed by atoms with E-state index in [1.165, 1.54) is 13.2 Å². The standard InChI is InChI=1S/C14H9BrClN3O4/c1-23-7-3-2-6(16)11(10(7)15)19-8(20)4-5-9(12(19)17)14(22)18-13(5)21/h2-4H,17H2,1H3,(H,18,21,22). The van der Waals surface area contributed by atoms with Gasteiger partial charge in [-0.1, -0.05) is 11.6 Å². The molecular formula is C14H9BrClN3O4. The van der Waals surface area contributed by atoms with Gasteiger partial charge in [-0.2, -0.15) is 0 Å². The number of hydrogen-bond acceptors (Lipinski definition) is 5. The highest BCUT2D eigenvalue weighted by Gasteiger charge is 2.32. The van der Waals surface area contributed by atoms with Crippen LogP contribution < -0.4 is 21.3 Å². The lowest BCUT2D eigenvalue weighted by molar-refractivity contribution is 0.0880. The molecule has 1 aromatic heterocycles. The summed E-state index contributed by atoms with van der Waals surface area (Å²) >= 11 is 9.50. The number of nitrogens with two attached hydrogens (primary N) is 1. The van der Waals surface area contributed by atoms with Crippen molar-refractivity contribution in [1.82, 2.24) is 9.88 Å². The van der Waals surface area contributed by atoms with E-state index < -0.39 is 17.4 Å². The first-order chi connectivity index (χ1) is 10.9. The number of aromatic nitrogens is 1. The highest BCUT2D eigenvalue weighted by molar-refractivity contribution is 9.10. The summed E-state index contributed by atoms with van der Waals surface area (Å²) in [6.07, 6.45) is 0. The van der Waals surface area contributed by atoms with E-state index in [2.05, 4.69) is 21.2 Å². The third-order valence-electron chi connectivity index (χ3n) is 3.43. The monoisotopic (exact) mass is 397 g/mol. The molecular weight excluding hydrogens is 390 g/mol. The average molecular weight is 399 g/mol. The number of fused-ring (bicyclic) bond motifs is 1. The molecule has 0 aliphatic carbocycles. The number of benzene rings is 1. The Bertz CT molecular complexity index is 939. The molecule has 2 amide bonds. The van der Waals surface area contributed by atoms with E-state index in [0.29, 0.717) is 10.2 Å². The molecule has 0 unspecified atom stereocenters. The summed E-state index contributed by atoms with van der Waals surface area (Å²) in [6.45, 7) is 0. The number of nitrogens with zero attached hydrogens (tertiary/aromatic N) is 1. The maximum Gasteiger partial charge on any atom is 0.262 e. The van der Waals surface area contributed by atoms with E-state index in [1.54, 1.807) is 6.07 Å². The molecule has 7 nitrogen and oxygen atoms in total. The van der Waals surface area contributed by atoms with Gasteiger partial charge in [-0.15, -0.1) is 0 Å². The molecule has 118 valence electrons. The van der Waals surface area contributed by atoms with Crippen molar-refractivity contribution in [3.05, 3.63) is 49.2 Å². The van der Waals surface area contributed by atoms with Crippen LogP contribution in [0.3, 0.4) is 0 Å². The summed E-state index contributed by atoms with van der Waals surface area (Å²) in [5.74, 6) is -1.06. The number of carbonyl (C=O) groups is 2. The first kappa shape index (κ1) is 15.6. The predicted octanol–water partition coefficient (Wildman–Crippen LogP) is 1.73. The first-order valence-electron chi connectivity index (χ1n) is 6.30. The van der Waals surface area contributed by atoms with Crippen molar-refractivity contribution in [2.24, 2.45) is 0 Å². The van der Waals surface area contributed by atoms with Gasteiger partial charge in [0.1, 0.15) is 11.6 Å². The summed E-state index contributed by atoms with van der Waals surface area (Å²) in [6, 6.07) is 4.19. The Balaban J connectivity index is 2.41. The fraction of sp³-hybridized carbons (Fsp3) is 0.0714. The Labute approximate surface area is 143 Å². The van der Waals surface area contributed by atoms with Gasteiger partial charge in [0.25, 0.3) is 17.4 Å². The van der Waals surface area contributed by atoms with Crippen molar-refractivity contribution in [3.8, 4) is 11.4 Å². The second kappa shape index (κ2) is 5.39. The zero-order valence-electron chi connectivity index (χ0n) is 11.6. The van der Waals surface area contributed by atoms with Crippen LogP contribution in [0.15, 0.2) is 27.5 Å². The zero-order valence-corrected chi connectivity index (χ0v) is 14.0. The molecule has 0 bridgehead atoms. The van der Waals surface area contributed by atoms with E-state index in [0.717, 1.165) is 10.6 Å². The molecule has 1 aliphatic rings. The Morgan fingerprint density at radius 1 is 1.26 bits per heavy atom. The minimum Gasteiger partial charge on any atom is -0.495 e. The summed E-state index contributed by atoms with van der Waals surface area (Å²) in [5, 5.41) is 2.32. The smallest absolute Gasteiger partial charge is 0.262 e. The topological polar surface area (TPSA) is 103 Å². The SMILES string of the molecule is COc1ccc(Cl)c(-n2c(N)c3c(cc2=O)C(=O)NC3=O)c1Br. The van der Waals surface area contributed by atoms with Gasteiger partial charge >= 0.3 is 0 Å². The molecule has 3 rings (SSSR count). The van der Waals surface area contributed by atoms with Crippen molar-refractivity contribution in [2.75, 3.05) is 12.8 Å². The van der Waals surface area contributed by atoms with Crippen LogP contribution in [0, 0.1) is 0 Å². The number of nitrogens with one attached hydrogen (secondary N) is 1. The lowest BCUT2D eigenvalue weighted by Crippen LogP contribution is -2.24. The molecule has 3 N–H and O–H groups in total. The second-order valence-electron chi connectivity index (χ2n) is 4.69. The largest absolute Gasteiger partial charge is 0.495 e. The van der Waals surface area contributed by atoms with E-state index in [9.17, 15) is 14.4 Å². The van der Waals surface area contributed by atoms with Gasteiger partial charge in [0.2, 0.25) is 0 Å². The lowest BCUT2D eigenvalue weighted by atomic mass is 10.1. The minimum absolute atomic E-state index is 0.0520. The number of carbonyl (C=O) groups excluding carboxylic acids is 2. The van der Waals surface area contributed by atoms with Crippen LogP contribution in [-0.4, -0.2) is 23.5 Å². The average Bonchev–Trinajstić information content (AvgIpc) is 2.77. The lowest BCUT2D eigenvalue weighted by Gasteiger charge is -2.16. The summed E-state index contributed by atoms with van der Waals surface area (Å²) < 4.78 is 6.63. The molecule has 1 aromatic carbocycles. The Kier molecular flexibility index (Phi) is 3.65. The fourth-order valence-electron chi connectivity index (χ4n) is 2.40. The zero-order chi connectivity index (χ0) is 16.9. The molecule has 0 saturated carbocycles. The first-order valence-corrected chi connectivity index (χ1v) is 7.47. The molecule has 9 heteroatoms. The number of ether oxygens (including phenoxy) is 1. The fourth-order valence-corrected chi connectivity index (χ4v) is 3.44. The van der Waals surface area contributed by atoms with Crippen LogP contribution in [0.1, 0.15) is 20.7 Å². The van der Waals surface area contributed by atoms with Gasteiger partial charge in [0.05, 0.1) is 33.4 Å². The van der Waals surface area contributed by atoms with Crippen molar-refractivity contribution >= 4 is 45.2 Å². The van der Waals surface area contributed by atoms with Crippen LogP contribution >= 0.6 is 27.5 Å². The van der Waals surface area contributed by atoms with Gasteiger partial charge in [-0.05, 0) is 28.1 Å². The predicted molar refractivity (Wildman–Crippen MR) is 87.5 cm³/mol. The maximum atomic E-state index is 12.4. The number of nitrogen functional groups attached to an aromatic ring is 1. The summed E-state index contributed by atoms with van der Waals surface area (Å²) in [5.41, 5.74) is 5.50. The third kappa shape index (κ3) is 2.22. The molecule has 23 heavy (non-hydrogen) atoms. The number of rotatable bonds is 2. The van der Waals surface area contributed by atoms with E-state index in [1.807, 2.05) is 0 Å². The Hall–Kier alpha value is -2.32. The molecule has 2 aromatic rings. The number of methoxy groups -OCH3 is 1. The van der Waals surface area contributed by atoms with Crippen LogP contribution in [0.25, 0.3) is 5.69 Å². The number of imide groups is 1. The normalized spacial score (nSPS) is 13.0. The highest BCUT2D eigenvalue weighted by Crippen LogP contribution is 2.37. The summed E-state index contributed by atoms with van der Waals surface area (Å²) in [4.78, 5) is 36.0. The number of halogens is 2. The van der Waals surface area contributed by atoms with Crippen LogP contribution in [0.4, 0.5) is 5.82 Å². The van der Waals surface area contributed by atoms with Crippen LogP contribution in [0.5, 0.6) is 5.75 Å². The number of pyridine rings is 1. The third-order valence-corrected chi connectivity index (χ3v) is 4.50. The molecule has 0 saturated heterocycles. The summed E-state index contributed by atoms with van der Waals surface area (Å²) in [7, 11) is 1.46. The molecule has 2 heterocycles. The van der Waals surface area contributed by atoms with E-state index in [-0.39, 0.29) is 27.7 Å². The van der Waals surface area contributed by atoms with Crippen molar-refractivity contribution in [1.29, 1.82) is 0 Å². The Morgan fingerprint density at radius 3 is 2.61 bits per heavy atom. The van der Waals surface area contributed by atoms with Gasteiger partial charge in [-0.3, -0.25) is 24.3 Å². The number of hydrogen-bond donors (Lipinski definition) is 2. The van der Waals surface area contributed by atoms with Crippen LogP contribution in [0.2, 0.25) is 5.02 Å². The van der Waals surface area contributed by atoms with E-state index >= 15 is 0 Å². The number of anilines is 1. The van der Waals surface area contributed by atoms with Crippen LogP contribution in [-0.2, 0) is 0 Å². The maximum absolute atomic E-state index is 12.4. The Morgan fingerprint density at radius 2 is 1.96 bits per heavy atom.